The second-order valence-electron chi connectivity index (χ2n) is 6.71. The van der Waals surface area contributed by atoms with Crippen molar-refractivity contribution >= 4 is 17.0 Å². The highest BCUT2D eigenvalue weighted by molar-refractivity contribution is 7.09. The van der Waals surface area contributed by atoms with Gasteiger partial charge in [-0.3, -0.25) is 14.3 Å². The van der Waals surface area contributed by atoms with E-state index in [0.29, 0.717) is 0 Å². The van der Waals surface area contributed by atoms with Crippen LogP contribution in [0.1, 0.15) is 16.7 Å². The van der Waals surface area contributed by atoms with Crippen molar-refractivity contribution in [3.05, 3.63) is 77.0 Å². The summed E-state index contributed by atoms with van der Waals surface area (Å²) in [5.41, 5.74) is 4.18. The van der Waals surface area contributed by atoms with Crippen LogP contribution in [-0.4, -0.2) is 39.0 Å². The van der Waals surface area contributed by atoms with E-state index in [1.54, 1.807) is 0 Å². The van der Waals surface area contributed by atoms with Crippen LogP contribution in [0.4, 0.5) is 0 Å². The van der Waals surface area contributed by atoms with Crippen LogP contribution in [-0.2, 0) is 11.3 Å². The van der Waals surface area contributed by atoms with E-state index in [9.17, 15) is 0 Å². The maximum absolute atomic E-state index is 6.06. The lowest BCUT2D eigenvalue weighted by molar-refractivity contribution is -0.0344. The molecule has 5 nitrogen and oxygen atoms in total. The van der Waals surface area contributed by atoms with E-state index in [-0.39, 0.29) is 6.10 Å². The quantitative estimate of drug-likeness (QED) is 0.539. The topological polar surface area (TPSA) is 42.7 Å². The summed E-state index contributed by atoms with van der Waals surface area (Å²) in [6.07, 6.45) is 5.76. The van der Waals surface area contributed by atoms with Gasteiger partial charge in [0.25, 0.3) is 0 Å². The average molecular weight is 376 g/mol. The zero-order chi connectivity index (χ0) is 18.1. The first-order chi connectivity index (χ1) is 13.4. The molecule has 5 rings (SSSR count). The highest BCUT2D eigenvalue weighted by Crippen LogP contribution is 2.26. The number of hydrogen-bond acceptors (Lipinski definition) is 5. The number of pyridine rings is 2. The van der Waals surface area contributed by atoms with E-state index in [1.807, 2.05) is 48.0 Å². The first-order valence-electron chi connectivity index (χ1n) is 9.11. The number of morpholine rings is 1. The summed E-state index contributed by atoms with van der Waals surface area (Å²) >= 11 is 1.81. The molecular formula is C21H20N4OS. The third-order valence-electron chi connectivity index (χ3n) is 4.93. The predicted molar refractivity (Wildman–Crippen MR) is 107 cm³/mol. The lowest BCUT2D eigenvalue weighted by atomic mass is 10.2. The molecule has 0 aliphatic carbocycles. The molecular weight excluding hydrogens is 356 g/mol. The molecule has 1 fully saturated rings. The van der Waals surface area contributed by atoms with Crippen molar-refractivity contribution in [2.45, 2.75) is 12.6 Å². The predicted octanol–water partition coefficient (Wildman–Crippen LogP) is 4.03. The van der Waals surface area contributed by atoms with Crippen molar-refractivity contribution in [3.63, 3.8) is 0 Å². The molecule has 1 saturated heterocycles. The molecule has 5 heterocycles. The van der Waals surface area contributed by atoms with E-state index in [0.717, 1.165) is 48.8 Å². The fourth-order valence-corrected chi connectivity index (χ4v) is 4.34. The Bertz CT molecular complexity index is 1030. The molecule has 4 aromatic heterocycles. The van der Waals surface area contributed by atoms with Crippen molar-refractivity contribution < 1.29 is 4.74 Å². The fraction of sp³-hybridized carbons (Fsp3) is 0.238. The standard InChI is InChI=1S/C21H20N4OS/c1-4-19(16-6-8-22-9-7-16)25-14-18(23-21(25)5-1)20-15-24(10-11-26-20)13-17-3-2-12-27-17/h1-9,12,14,20H,10-11,13,15H2/t20-/m1/s1. The molecule has 136 valence electrons. The van der Waals surface area contributed by atoms with E-state index in [4.69, 9.17) is 9.72 Å². The smallest absolute Gasteiger partial charge is 0.137 e. The minimum absolute atomic E-state index is 0.00361. The summed E-state index contributed by atoms with van der Waals surface area (Å²) < 4.78 is 8.21. The lowest BCUT2D eigenvalue weighted by Crippen LogP contribution is -2.37. The Labute approximate surface area is 161 Å². The number of fused-ring (bicyclic) bond motifs is 1. The number of imidazole rings is 1. The summed E-state index contributed by atoms with van der Waals surface area (Å²) in [6.45, 7) is 3.55. The van der Waals surface area contributed by atoms with Gasteiger partial charge < -0.3 is 4.74 Å². The van der Waals surface area contributed by atoms with Gasteiger partial charge in [0, 0.05) is 48.7 Å². The molecule has 27 heavy (non-hydrogen) atoms. The summed E-state index contributed by atoms with van der Waals surface area (Å²) in [5, 5.41) is 2.13. The Balaban J connectivity index is 1.43. The van der Waals surface area contributed by atoms with Crippen LogP contribution in [0.5, 0.6) is 0 Å². The van der Waals surface area contributed by atoms with Crippen molar-refractivity contribution in [1.82, 2.24) is 19.3 Å². The Hall–Kier alpha value is -2.54. The Morgan fingerprint density at radius 1 is 1.11 bits per heavy atom. The molecule has 1 aliphatic rings. The zero-order valence-electron chi connectivity index (χ0n) is 14.9. The van der Waals surface area contributed by atoms with Crippen molar-refractivity contribution in [2.75, 3.05) is 19.7 Å². The summed E-state index contributed by atoms with van der Waals surface area (Å²) in [7, 11) is 0. The van der Waals surface area contributed by atoms with Crippen LogP contribution in [0.25, 0.3) is 16.9 Å². The molecule has 0 spiro atoms. The summed E-state index contributed by atoms with van der Waals surface area (Å²) in [6, 6.07) is 14.6. The minimum atomic E-state index is 0.00361. The van der Waals surface area contributed by atoms with Gasteiger partial charge in [-0.25, -0.2) is 4.98 Å². The van der Waals surface area contributed by atoms with E-state index >= 15 is 0 Å². The molecule has 0 saturated carbocycles. The van der Waals surface area contributed by atoms with Crippen LogP contribution < -0.4 is 0 Å². The van der Waals surface area contributed by atoms with Gasteiger partial charge in [-0.2, -0.15) is 0 Å². The number of rotatable bonds is 4. The zero-order valence-corrected chi connectivity index (χ0v) is 15.7. The Morgan fingerprint density at radius 2 is 2.04 bits per heavy atom. The van der Waals surface area contributed by atoms with Gasteiger partial charge in [-0.05, 0) is 35.7 Å². The highest BCUT2D eigenvalue weighted by Gasteiger charge is 2.24. The van der Waals surface area contributed by atoms with Gasteiger partial charge in [0.2, 0.25) is 0 Å². The van der Waals surface area contributed by atoms with Crippen LogP contribution >= 0.6 is 11.3 Å². The Kier molecular flexibility index (Phi) is 4.45. The summed E-state index contributed by atoms with van der Waals surface area (Å²) in [5.74, 6) is 0. The second-order valence-corrected chi connectivity index (χ2v) is 7.75. The van der Waals surface area contributed by atoms with Crippen molar-refractivity contribution in [2.24, 2.45) is 0 Å². The molecule has 4 aromatic rings. The molecule has 1 atom stereocenters. The van der Waals surface area contributed by atoms with Crippen molar-refractivity contribution in [1.29, 1.82) is 0 Å². The molecule has 0 amide bonds. The van der Waals surface area contributed by atoms with Crippen LogP contribution in [0.15, 0.2) is 66.4 Å². The van der Waals surface area contributed by atoms with Gasteiger partial charge >= 0.3 is 0 Å². The fourth-order valence-electron chi connectivity index (χ4n) is 3.59. The molecule has 0 radical (unpaired) electrons. The summed E-state index contributed by atoms with van der Waals surface area (Å²) in [4.78, 5) is 12.8. The van der Waals surface area contributed by atoms with Gasteiger partial charge in [-0.15, -0.1) is 11.3 Å². The number of nitrogens with zero attached hydrogens (tertiary/aromatic N) is 4. The SMILES string of the molecule is c1csc(CN2CCO[C@@H](c3cn4c(-c5ccncc5)cccc4n3)C2)c1. The number of hydrogen-bond donors (Lipinski definition) is 0. The highest BCUT2D eigenvalue weighted by atomic mass is 32.1. The number of thiophene rings is 1. The second kappa shape index (κ2) is 7.23. The Morgan fingerprint density at radius 3 is 2.89 bits per heavy atom. The van der Waals surface area contributed by atoms with Crippen LogP contribution in [0.3, 0.4) is 0 Å². The molecule has 0 N–H and O–H groups in total. The van der Waals surface area contributed by atoms with Gasteiger partial charge in [0.1, 0.15) is 11.8 Å². The van der Waals surface area contributed by atoms with E-state index in [1.165, 1.54) is 4.88 Å². The van der Waals surface area contributed by atoms with Crippen LogP contribution in [0.2, 0.25) is 0 Å². The first kappa shape index (κ1) is 16.6. The monoisotopic (exact) mass is 376 g/mol. The molecule has 0 unspecified atom stereocenters. The third kappa shape index (κ3) is 3.39. The largest absolute Gasteiger partial charge is 0.369 e. The van der Waals surface area contributed by atoms with Crippen molar-refractivity contribution in [3.8, 4) is 11.3 Å². The van der Waals surface area contributed by atoms with Gasteiger partial charge in [0.05, 0.1) is 18.0 Å². The van der Waals surface area contributed by atoms with Crippen LogP contribution in [0, 0.1) is 0 Å². The van der Waals surface area contributed by atoms with E-state index < -0.39 is 0 Å². The van der Waals surface area contributed by atoms with Gasteiger partial charge in [0.15, 0.2) is 0 Å². The molecule has 1 aliphatic heterocycles. The maximum atomic E-state index is 6.06. The minimum Gasteiger partial charge on any atom is -0.369 e. The van der Waals surface area contributed by atoms with Gasteiger partial charge in [-0.1, -0.05) is 12.1 Å². The first-order valence-corrected chi connectivity index (χ1v) is 9.99. The normalized spacial score (nSPS) is 18.1. The maximum Gasteiger partial charge on any atom is 0.137 e. The number of ether oxygens (including phenoxy) is 1. The average Bonchev–Trinajstić information content (AvgIpc) is 3.38. The lowest BCUT2D eigenvalue weighted by Gasteiger charge is -2.31. The molecule has 0 bridgehead atoms. The molecule has 0 aromatic carbocycles. The number of aromatic nitrogens is 3. The third-order valence-corrected chi connectivity index (χ3v) is 5.79. The molecule has 6 heteroatoms. The van der Waals surface area contributed by atoms with E-state index in [2.05, 4.69) is 44.1 Å².